The third-order valence-corrected chi connectivity index (χ3v) is 1.05. The Kier molecular flexibility index (Phi) is 18.7. The van der Waals surface area contributed by atoms with Gasteiger partial charge in [-0.2, -0.15) is 0 Å². The third kappa shape index (κ3) is 18.9. The number of pyridine rings is 1. The predicted molar refractivity (Wildman–Crippen MR) is 53.9 cm³/mol. The zero-order valence-corrected chi connectivity index (χ0v) is 9.11. The molecule has 0 saturated heterocycles. The van der Waals surface area contributed by atoms with Crippen molar-refractivity contribution in [2.45, 2.75) is 13.8 Å². The van der Waals surface area contributed by atoms with E-state index in [2.05, 4.69) is 18.0 Å². The van der Waals surface area contributed by atoms with Crippen molar-refractivity contribution in [1.29, 1.82) is 0 Å². The first-order valence-electron chi connectivity index (χ1n) is 3.48. The number of hydrogen-bond donors (Lipinski definition) is 0. The van der Waals surface area contributed by atoms with Crippen LogP contribution < -0.4 is 0 Å². The quantitative estimate of drug-likeness (QED) is 0.298. The van der Waals surface area contributed by atoms with E-state index >= 15 is 0 Å². The molecular weight excluding hydrogens is 246 g/mol. The summed E-state index contributed by atoms with van der Waals surface area (Å²) in [6.07, 6.45) is 1.82. The topological polar surface area (TPSA) is 130 Å². The molecule has 1 rings (SSSR count). The normalized spacial score (nSPS) is 6.00. The Labute approximate surface area is 97.8 Å². The van der Waals surface area contributed by atoms with E-state index in [1.165, 1.54) is 15.4 Å². The fraction of sp³-hybridized carbons (Fsp3) is 0.286. The van der Waals surface area contributed by atoms with Crippen molar-refractivity contribution in [3.63, 3.8) is 0 Å². The van der Waals surface area contributed by atoms with Crippen LogP contribution in [0, 0.1) is 13.8 Å². The van der Waals surface area contributed by atoms with Crippen LogP contribution in [0.1, 0.15) is 11.3 Å². The third-order valence-electron chi connectivity index (χ3n) is 1.05. The molecule has 0 aliphatic heterocycles. The molecule has 83 valence electrons. The molecule has 0 spiro atoms. The Hall–Kier alpha value is -1.71. The van der Waals surface area contributed by atoms with Gasteiger partial charge >= 0.3 is 17.1 Å². The maximum absolute atomic E-state index is 6.75. The van der Waals surface area contributed by atoms with Gasteiger partial charge in [-0.3, -0.25) is 14.8 Å². The molecule has 0 N–H and O–H groups in total. The summed E-state index contributed by atoms with van der Waals surface area (Å²) in [5, 5.41) is 0. The molecule has 8 heteroatoms. The monoisotopic (exact) mass is 254 g/mol. The maximum Gasteiger partial charge on any atom is 2.00 e. The van der Waals surface area contributed by atoms with Gasteiger partial charge in [0.2, 0.25) is 0 Å². The molecule has 0 aromatic carbocycles. The Balaban J connectivity index is -0.000000177. The molecule has 0 bridgehead atoms. The molecular formula is C7H9CuN7. The van der Waals surface area contributed by atoms with Crippen molar-refractivity contribution in [3.05, 3.63) is 61.5 Å². The molecule has 15 heavy (non-hydrogen) atoms. The fourth-order valence-electron chi connectivity index (χ4n) is 0.687. The summed E-state index contributed by atoms with van der Waals surface area (Å²) in [4.78, 5) is 7.04. The molecule has 0 amide bonds. The van der Waals surface area contributed by atoms with Gasteiger partial charge in [-0.1, -0.05) is 0 Å². The van der Waals surface area contributed by atoms with Crippen LogP contribution in [0.2, 0.25) is 0 Å². The van der Waals surface area contributed by atoms with Gasteiger partial charge in [-0.05, 0) is 31.5 Å². The number of nitrogens with zero attached hydrogens (tertiary/aromatic N) is 7. The van der Waals surface area contributed by atoms with Crippen LogP contribution in [-0.2, 0) is 17.1 Å². The van der Waals surface area contributed by atoms with Crippen molar-refractivity contribution in [2.24, 2.45) is 0 Å². The van der Waals surface area contributed by atoms with Gasteiger partial charge in [0.05, 0.1) is 0 Å². The van der Waals surface area contributed by atoms with E-state index in [1.54, 1.807) is 0 Å². The molecule has 0 aliphatic carbocycles. The smallest absolute Gasteiger partial charge is 0.373 e. The molecule has 1 heterocycles. The van der Waals surface area contributed by atoms with E-state index in [-0.39, 0.29) is 17.1 Å². The Bertz CT molecular complexity index is 297. The van der Waals surface area contributed by atoms with Crippen LogP contribution in [-0.4, -0.2) is 4.98 Å². The average Bonchev–Trinajstić information content (AvgIpc) is 2.06. The van der Waals surface area contributed by atoms with Gasteiger partial charge < -0.3 is 22.1 Å². The first-order valence-corrected chi connectivity index (χ1v) is 3.48. The Morgan fingerprint density at radius 1 is 1.07 bits per heavy atom. The van der Waals surface area contributed by atoms with Crippen molar-refractivity contribution in [2.75, 3.05) is 0 Å². The van der Waals surface area contributed by atoms with Gasteiger partial charge in [-0.25, -0.2) is 0 Å². The molecule has 1 radical (unpaired) electrons. The molecule has 0 saturated carbocycles. The SMILES string of the molecule is Cc1ccnc(C)c1.[Cu+2].[N-]=[N+]=[N-].[N-]=[N+]=[N-]. The summed E-state index contributed by atoms with van der Waals surface area (Å²) >= 11 is 0. The van der Waals surface area contributed by atoms with Gasteiger partial charge in [0.25, 0.3) is 0 Å². The van der Waals surface area contributed by atoms with Crippen LogP contribution in [0.3, 0.4) is 0 Å². The van der Waals surface area contributed by atoms with Gasteiger partial charge in [0.1, 0.15) is 0 Å². The summed E-state index contributed by atoms with van der Waals surface area (Å²) < 4.78 is 0. The molecule has 7 nitrogen and oxygen atoms in total. The number of aryl methyl sites for hydroxylation is 2. The van der Waals surface area contributed by atoms with E-state index < -0.39 is 0 Å². The summed E-state index contributed by atoms with van der Waals surface area (Å²) in [6.45, 7) is 4.06. The molecule has 0 fully saturated rings. The molecule has 0 aliphatic rings. The maximum atomic E-state index is 6.75. The summed E-state index contributed by atoms with van der Waals surface area (Å²) in [5.74, 6) is 0. The summed E-state index contributed by atoms with van der Waals surface area (Å²) in [5.41, 5.74) is 29.4. The number of aromatic nitrogens is 1. The van der Waals surface area contributed by atoms with E-state index in [0.717, 1.165) is 5.69 Å². The minimum absolute atomic E-state index is 0. The first kappa shape index (κ1) is 19.0. The molecule has 0 unspecified atom stereocenters. The minimum atomic E-state index is 0. The van der Waals surface area contributed by atoms with Crippen LogP contribution in [0.5, 0.6) is 0 Å². The van der Waals surface area contributed by atoms with E-state index in [0.29, 0.717) is 0 Å². The predicted octanol–water partition coefficient (Wildman–Crippen LogP) is 3.43. The van der Waals surface area contributed by atoms with Crippen LogP contribution >= 0.6 is 0 Å². The van der Waals surface area contributed by atoms with Gasteiger partial charge in [0, 0.05) is 11.9 Å². The van der Waals surface area contributed by atoms with Crippen LogP contribution in [0.4, 0.5) is 0 Å². The molecule has 0 atom stereocenters. The second-order valence-electron chi connectivity index (χ2n) is 2.15. The van der Waals surface area contributed by atoms with E-state index in [1.807, 2.05) is 19.2 Å². The van der Waals surface area contributed by atoms with E-state index in [4.69, 9.17) is 22.1 Å². The van der Waals surface area contributed by atoms with Gasteiger partial charge in [0.15, 0.2) is 0 Å². The zero-order chi connectivity index (χ0) is 11.4. The Morgan fingerprint density at radius 3 is 1.67 bits per heavy atom. The summed E-state index contributed by atoms with van der Waals surface area (Å²) in [7, 11) is 0. The largest absolute Gasteiger partial charge is 2.00 e. The molecule has 1 aromatic rings. The second-order valence-corrected chi connectivity index (χ2v) is 2.15. The number of rotatable bonds is 0. The first-order chi connectivity index (χ1) is 6.62. The second kappa shape index (κ2) is 14.8. The van der Waals surface area contributed by atoms with Crippen LogP contribution in [0.15, 0.2) is 18.3 Å². The van der Waals surface area contributed by atoms with Crippen molar-refractivity contribution >= 4 is 0 Å². The zero-order valence-electron chi connectivity index (χ0n) is 8.16. The van der Waals surface area contributed by atoms with E-state index in [9.17, 15) is 0 Å². The number of hydrogen-bond acceptors (Lipinski definition) is 1. The van der Waals surface area contributed by atoms with Crippen LogP contribution in [0.25, 0.3) is 31.9 Å². The molecule has 1 aromatic heterocycles. The van der Waals surface area contributed by atoms with Gasteiger partial charge in [-0.15, -0.1) is 0 Å². The Morgan fingerprint density at radius 2 is 1.47 bits per heavy atom. The standard InChI is InChI=1S/C7H9N.Cu.2N3/c1-6-3-4-8-7(2)5-6;;2*1-3-2/h3-5H,1-2H3;;;/q;+2;2*-1. The average molecular weight is 255 g/mol. The minimum Gasteiger partial charge on any atom is -0.373 e. The van der Waals surface area contributed by atoms with Crippen molar-refractivity contribution in [3.8, 4) is 0 Å². The summed E-state index contributed by atoms with van der Waals surface area (Å²) in [6, 6.07) is 4.05. The van der Waals surface area contributed by atoms with Crippen molar-refractivity contribution < 1.29 is 17.1 Å². The van der Waals surface area contributed by atoms with Crippen molar-refractivity contribution in [1.82, 2.24) is 4.98 Å². The fourth-order valence-corrected chi connectivity index (χ4v) is 0.687.